The van der Waals surface area contributed by atoms with E-state index >= 15 is 0 Å². The number of hydrogen-bond donors (Lipinski definition) is 0. The quantitative estimate of drug-likeness (QED) is 0.406. The molecular weight excluding hydrogens is 533 g/mol. The van der Waals surface area contributed by atoms with Crippen LogP contribution < -0.4 is 19.1 Å². The smallest absolute Gasteiger partial charge is 0.244 e. The van der Waals surface area contributed by atoms with Crippen molar-refractivity contribution in [2.24, 2.45) is 0 Å². The monoisotopic (exact) mass is 557 g/mol. The van der Waals surface area contributed by atoms with Gasteiger partial charge in [0.25, 0.3) is 0 Å². The molecule has 0 unspecified atom stereocenters. The molecule has 35 heavy (non-hydrogen) atoms. The molecule has 2 heterocycles. The van der Waals surface area contributed by atoms with Gasteiger partial charge in [-0.15, -0.1) is 11.3 Å². The molecule has 3 aromatic rings. The Hall–Kier alpha value is -2.24. The summed E-state index contributed by atoms with van der Waals surface area (Å²) in [4.78, 5) is 6.93. The molecule has 188 valence electrons. The molecule has 1 aliphatic rings. The average molecular weight is 559 g/mol. The number of methoxy groups -OCH3 is 3. The van der Waals surface area contributed by atoms with Gasteiger partial charge in [-0.05, 0) is 36.8 Å². The van der Waals surface area contributed by atoms with Crippen molar-refractivity contribution in [3.8, 4) is 28.5 Å². The average Bonchev–Trinajstić information content (AvgIpc) is 3.35. The van der Waals surface area contributed by atoms with Gasteiger partial charge in [0.1, 0.15) is 4.90 Å². The lowest BCUT2D eigenvalue weighted by Gasteiger charge is -2.34. The van der Waals surface area contributed by atoms with E-state index in [2.05, 4.69) is 4.90 Å². The minimum atomic E-state index is -3.74. The summed E-state index contributed by atoms with van der Waals surface area (Å²) in [6.45, 7) is 3.40. The first-order valence-electron chi connectivity index (χ1n) is 10.7. The lowest BCUT2D eigenvalue weighted by Crippen LogP contribution is -2.48. The first kappa shape index (κ1) is 25.8. The molecule has 0 aliphatic carbocycles. The van der Waals surface area contributed by atoms with Gasteiger partial charge in [0.05, 0.1) is 32.0 Å². The van der Waals surface area contributed by atoms with Crippen LogP contribution in [0.4, 0.5) is 5.13 Å². The summed E-state index contributed by atoms with van der Waals surface area (Å²) in [6.07, 6.45) is 0. The summed E-state index contributed by atoms with van der Waals surface area (Å²) in [5.41, 5.74) is 2.26. The van der Waals surface area contributed by atoms with Crippen LogP contribution in [-0.2, 0) is 10.0 Å². The zero-order valence-corrected chi connectivity index (χ0v) is 22.8. The fraction of sp³-hybridized carbons (Fsp3) is 0.348. The molecule has 0 bridgehead atoms. The van der Waals surface area contributed by atoms with E-state index in [-0.39, 0.29) is 9.92 Å². The Labute approximate surface area is 219 Å². The molecule has 1 aromatic heterocycles. The molecule has 0 amide bonds. The van der Waals surface area contributed by atoms with Crippen LogP contribution in [0.15, 0.2) is 34.5 Å². The van der Waals surface area contributed by atoms with Crippen molar-refractivity contribution in [1.29, 1.82) is 0 Å². The predicted molar refractivity (Wildman–Crippen MR) is 139 cm³/mol. The van der Waals surface area contributed by atoms with E-state index in [1.54, 1.807) is 28.3 Å². The summed E-state index contributed by atoms with van der Waals surface area (Å²) >= 11 is 13.8. The molecule has 1 aliphatic heterocycles. The maximum Gasteiger partial charge on any atom is 0.244 e. The van der Waals surface area contributed by atoms with Crippen LogP contribution in [0.3, 0.4) is 0 Å². The van der Waals surface area contributed by atoms with Crippen LogP contribution in [0.25, 0.3) is 11.3 Å². The SMILES string of the molecule is COc1cc(-c2csc(N3CCN(S(=O)(=O)c4cc(C)c(Cl)cc4Cl)CC3)n2)cc(OC)c1OC. The normalized spacial score (nSPS) is 14.7. The van der Waals surface area contributed by atoms with E-state index in [0.717, 1.165) is 16.4 Å². The molecule has 4 rings (SSSR count). The fourth-order valence-corrected chi connectivity index (χ4v) is 6.98. The number of aryl methyl sites for hydroxylation is 1. The van der Waals surface area contributed by atoms with Crippen LogP contribution in [-0.4, -0.2) is 65.2 Å². The van der Waals surface area contributed by atoms with Crippen LogP contribution in [0, 0.1) is 6.92 Å². The predicted octanol–water partition coefficient (Wildman–Crippen LogP) is 4.96. The van der Waals surface area contributed by atoms with Gasteiger partial charge in [-0.1, -0.05) is 23.2 Å². The maximum atomic E-state index is 13.2. The number of aromatic nitrogens is 1. The molecular formula is C23H25Cl2N3O5S2. The lowest BCUT2D eigenvalue weighted by molar-refractivity contribution is 0.324. The second kappa shape index (κ2) is 10.4. The second-order valence-corrected chi connectivity index (χ2v) is 11.4. The number of anilines is 1. The van der Waals surface area contributed by atoms with Crippen LogP contribution in [0.2, 0.25) is 10.0 Å². The van der Waals surface area contributed by atoms with Crippen LogP contribution in [0.1, 0.15) is 5.56 Å². The number of hydrogen-bond acceptors (Lipinski definition) is 8. The van der Waals surface area contributed by atoms with Crippen molar-refractivity contribution >= 4 is 49.7 Å². The number of piperazine rings is 1. The van der Waals surface area contributed by atoms with Crippen LogP contribution >= 0.6 is 34.5 Å². The minimum absolute atomic E-state index is 0.0773. The summed E-state index contributed by atoms with van der Waals surface area (Å²) in [7, 11) is 0.959. The third-order valence-corrected chi connectivity index (χ3v) is 9.46. The highest BCUT2D eigenvalue weighted by Gasteiger charge is 2.31. The van der Waals surface area contributed by atoms with Gasteiger partial charge in [0.15, 0.2) is 16.6 Å². The van der Waals surface area contributed by atoms with Crippen molar-refractivity contribution in [3.05, 3.63) is 45.3 Å². The number of benzene rings is 2. The van der Waals surface area contributed by atoms with Gasteiger partial charge >= 0.3 is 0 Å². The number of rotatable bonds is 7. The Morgan fingerprint density at radius 2 is 1.54 bits per heavy atom. The Balaban J connectivity index is 1.51. The standard InChI is InChI=1S/C23H25Cl2N3O5S2/c1-14-9-21(17(25)12-16(14)24)35(29,30)28-7-5-27(6-8-28)23-26-18(13-34-23)15-10-19(31-2)22(33-4)20(11-15)32-3/h9-13H,5-8H2,1-4H3. The Bertz CT molecular complexity index is 1310. The first-order valence-corrected chi connectivity index (χ1v) is 13.7. The third kappa shape index (κ3) is 5.03. The van der Waals surface area contributed by atoms with Crippen LogP contribution in [0.5, 0.6) is 17.2 Å². The number of sulfonamides is 1. The van der Waals surface area contributed by atoms with Gasteiger partial charge in [-0.25, -0.2) is 13.4 Å². The van der Waals surface area contributed by atoms with Crippen molar-refractivity contribution in [2.75, 3.05) is 52.4 Å². The number of thiazole rings is 1. The van der Waals surface area contributed by atoms with Crippen molar-refractivity contribution < 1.29 is 22.6 Å². The minimum Gasteiger partial charge on any atom is -0.493 e. The molecule has 0 atom stereocenters. The Kier molecular flexibility index (Phi) is 7.68. The molecule has 2 aromatic carbocycles. The van der Waals surface area contributed by atoms with Gasteiger partial charge in [0, 0.05) is 42.1 Å². The molecule has 0 radical (unpaired) electrons. The second-order valence-electron chi connectivity index (χ2n) is 7.85. The zero-order chi connectivity index (χ0) is 25.3. The number of halogens is 2. The van der Waals surface area contributed by atoms with Crippen molar-refractivity contribution in [1.82, 2.24) is 9.29 Å². The molecule has 0 spiro atoms. The van der Waals surface area contributed by atoms with E-state index in [9.17, 15) is 8.42 Å². The Morgan fingerprint density at radius 3 is 2.11 bits per heavy atom. The van der Waals surface area contributed by atoms with E-state index in [4.69, 9.17) is 42.4 Å². The fourth-order valence-electron chi connectivity index (χ4n) is 3.86. The molecule has 8 nitrogen and oxygen atoms in total. The highest BCUT2D eigenvalue weighted by atomic mass is 35.5. The molecule has 0 N–H and O–H groups in total. The number of nitrogens with zero attached hydrogens (tertiary/aromatic N) is 3. The van der Waals surface area contributed by atoms with E-state index in [0.29, 0.717) is 54.0 Å². The van der Waals surface area contributed by atoms with Gasteiger partial charge < -0.3 is 19.1 Å². The van der Waals surface area contributed by atoms with Gasteiger partial charge in [-0.3, -0.25) is 0 Å². The highest BCUT2D eigenvalue weighted by molar-refractivity contribution is 7.89. The zero-order valence-electron chi connectivity index (χ0n) is 19.7. The number of ether oxygens (including phenoxy) is 3. The van der Waals surface area contributed by atoms with Gasteiger partial charge in [0.2, 0.25) is 15.8 Å². The van der Waals surface area contributed by atoms with Crippen molar-refractivity contribution in [2.45, 2.75) is 11.8 Å². The van der Waals surface area contributed by atoms with E-state index in [1.807, 2.05) is 17.5 Å². The molecule has 0 saturated carbocycles. The third-order valence-electron chi connectivity index (χ3n) is 5.79. The summed E-state index contributed by atoms with van der Waals surface area (Å²) < 4.78 is 44.2. The Morgan fingerprint density at radius 1 is 0.914 bits per heavy atom. The van der Waals surface area contributed by atoms with Gasteiger partial charge in [-0.2, -0.15) is 4.31 Å². The van der Waals surface area contributed by atoms with E-state index in [1.165, 1.54) is 27.8 Å². The summed E-state index contributed by atoms with van der Waals surface area (Å²) in [5, 5.41) is 3.32. The van der Waals surface area contributed by atoms with E-state index < -0.39 is 10.0 Å². The largest absolute Gasteiger partial charge is 0.493 e. The molecule has 1 saturated heterocycles. The summed E-state index contributed by atoms with van der Waals surface area (Å²) in [5.74, 6) is 1.61. The summed E-state index contributed by atoms with van der Waals surface area (Å²) in [6, 6.07) is 6.70. The van der Waals surface area contributed by atoms with Crippen molar-refractivity contribution in [3.63, 3.8) is 0 Å². The molecule has 12 heteroatoms. The topological polar surface area (TPSA) is 81.2 Å². The maximum absolute atomic E-state index is 13.2. The first-order chi connectivity index (χ1) is 16.7. The molecule has 1 fully saturated rings. The lowest BCUT2D eigenvalue weighted by atomic mass is 10.1. The highest BCUT2D eigenvalue weighted by Crippen LogP contribution is 2.42.